The Morgan fingerprint density at radius 2 is 2.42 bits per heavy atom. The van der Waals surface area contributed by atoms with E-state index in [0.29, 0.717) is 10.8 Å². The van der Waals surface area contributed by atoms with E-state index in [0.717, 1.165) is 5.56 Å². The number of hydrogen-bond acceptors (Lipinski definition) is 3. The summed E-state index contributed by atoms with van der Waals surface area (Å²) in [6.07, 6.45) is 0. The Balaban J connectivity index is 2.48. The Labute approximate surface area is 73.6 Å². The lowest BCUT2D eigenvalue weighted by atomic mass is 10.2. The summed E-state index contributed by atoms with van der Waals surface area (Å²) in [5.41, 5.74) is 0.851. The molecule has 0 atom stereocenters. The smallest absolute Gasteiger partial charge is 0.179 e. The van der Waals surface area contributed by atoms with Crippen LogP contribution in [0.5, 0.6) is 0 Å². The number of halogens is 1. The van der Waals surface area contributed by atoms with Crippen molar-refractivity contribution >= 4 is 11.6 Å². The van der Waals surface area contributed by atoms with Gasteiger partial charge in [0, 0.05) is 16.7 Å². The number of tetrazole rings is 1. The lowest BCUT2D eigenvalue weighted by Crippen LogP contribution is -1.79. The monoisotopic (exact) mass is 179 g/mol. The minimum Gasteiger partial charge on any atom is -0.239 e. The van der Waals surface area contributed by atoms with Gasteiger partial charge in [-0.25, -0.2) is 5.10 Å². The van der Waals surface area contributed by atoms with E-state index < -0.39 is 0 Å². The van der Waals surface area contributed by atoms with Crippen molar-refractivity contribution in [2.75, 3.05) is 0 Å². The summed E-state index contributed by atoms with van der Waals surface area (Å²) in [7, 11) is 0. The molecule has 1 aromatic heterocycles. The fourth-order valence-corrected chi connectivity index (χ4v) is 1.05. The zero-order valence-electron chi connectivity index (χ0n) is 5.95. The Morgan fingerprint density at radius 1 is 1.50 bits per heavy atom. The molecule has 0 aliphatic rings. The van der Waals surface area contributed by atoms with E-state index in [9.17, 15) is 0 Å². The number of rotatable bonds is 1. The lowest BCUT2D eigenvalue weighted by molar-refractivity contribution is 0.881. The Bertz CT molecular complexity index is 371. The van der Waals surface area contributed by atoms with Crippen LogP contribution in [0.15, 0.2) is 18.2 Å². The van der Waals surface area contributed by atoms with Gasteiger partial charge in [-0.15, -0.1) is 5.10 Å². The number of aromatic nitrogens is 4. The fourth-order valence-electron chi connectivity index (χ4n) is 0.866. The summed E-state index contributed by atoms with van der Waals surface area (Å²) in [6.45, 7) is 0. The van der Waals surface area contributed by atoms with Gasteiger partial charge in [-0.3, -0.25) is 0 Å². The average molecular weight is 180 g/mol. The highest BCUT2D eigenvalue weighted by molar-refractivity contribution is 6.30. The van der Waals surface area contributed by atoms with E-state index in [4.69, 9.17) is 11.6 Å². The van der Waals surface area contributed by atoms with Gasteiger partial charge in [-0.2, -0.15) is 0 Å². The molecule has 5 heteroatoms. The van der Waals surface area contributed by atoms with Crippen LogP contribution in [0.25, 0.3) is 11.4 Å². The van der Waals surface area contributed by atoms with Crippen LogP contribution in [0, 0.1) is 6.07 Å². The van der Waals surface area contributed by atoms with Gasteiger partial charge in [0.15, 0.2) is 5.82 Å². The molecule has 0 unspecified atom stereocenters. The van der Waals surface area contributed by atoms with Crippen LogP contribution in [0.2, 0.25) is 5.02 Å². The van der Waals surface area contributed by atoms with Gasteiger partial charge in [-0.05, 0) is 16.5 Å². The number of H-pyrrole nitrogens is 1. The molecule has 4 nitrogen and oxygen atoms in total. The SMILES string of the molecule is Clc1[c]ccc(-c2nnn[nH]2)c1. The van der Waals surface area contributed by atoms with Gasteiger partial charge >= 0.3 is 0 Å². The highest BCUT2D eigenvalue weighted by Crippen LogP contribution is 2.17. The van der Waals surface area contributed by atoms with Crippen molar-refractivity contribution in [3.63, 3.8) is 0 Å². The summed E-state index contributed by atoms with van der Waals surface area (Å²) < 4.78 is 0. The van der Waals surface area contributed by atoms with Gasteiger partial charge in [-0.1, -0.05) is 23.7 Å². The van der Waals surface area contributed by atoms with Gasteiger partial charge in [0.05, 0.1) is 0 Å². The third kappa shape index (κ3) is 1.29. The summed E-state index contributed by atoms with van der Waals surface area (Å²) in [5, 5.41) is 13.8. The van der Waals surface area contributed by atoms with E-state index in [1.165, 1.54) is 0 Å². The fraction of sp³-hybridized carbons (Fsp3) is 0. The van der Waals surface area contributed by atoms with Crippen molar-refractivity contribution in [1.82, 2.24) is 20.6 Å². The molecule has 0 saturated carbocycles. The number of benzene rings is 1. The summed E-state index contributed by atoms with van der Waals surface area (Å²) in [4.78, 5) is 0. The molecule has 1 heterocycles. The standard InChI is InChI=1S/C7H4ClN4/c8-6-3-1-2-5(4-6)7-9-11-12-10-7/h1-2,4H,(H,9,10,11,12). The molecule has 0 amide bonds. The molecule has 1 N–H and O–H groups in total. The van der Waals surface area contributed by atoms with Crippen LogP contribution in [0.1, 0.15) is 0 Å². The Kier molecular flexibility index (Phi) is 1.75. The van der Waals surface area contributed by atoms with E-state index >= 15 is 0 Å². The van der Waals surface area contributed by atoms with Gasteiger partial charge < -0.3 is 0 Å². The highest BCUT2D eigenvalue weighted by Gasteiger charge is 2.00. The highest BCUT2D eigenvalue weighted by atomic mass is 35.5. The topological polar surface area (TPSA) is 54.5 Å². The quantitative estimate of drug-likeness (QED) is 0.719. The van der Waals surface area contributed by atoms with Crippen molar-refractivity contribution in [2.24, 2.45) is 0 Å². The second-order valence-corrected chi connectivity index (χ2v) is 2.58. The lowest BCUT2D eigenvalue weighted by Gasteiger charge is -1.93. The first-order valence-electron chi connectivity index (χ1n) is 3.27. The maximum absolute atomic E-state index is 5.72. The van der Waals surface area contributed by atoms with Crippen LogP contribution < -0.4 is 0 Å². The molecule has 0 saturated heterocycles. The molecule has 0 aliphatic carbocycles. The van der Waals surface area contributed by atoms with Gasteiger partial charge in [0.1, 0.15) is 0 Å². The second kappa shape index (κ2) is 2.91. The molecule has 1 aromatic carbocycles. The van der Waals surface area contributed by atoms with Crippen LogP contribution in [-0.2, 0) is 0 Å². The number of aromatic amines is 1. The second-order valence-electron chi connectivity index (χ2n) is 2.18. The molecule has 0 fully saturated rings. The minimum absolute atomic E-state index is 0.545. The first-order valence-corrected chi connectivity index (χ1v) is 3.65. The van der Waals surface area contributed by atoms with E-state index in [1.807, 2.05) is 6.07 Å². The molecule has 0 spiro atoms. The number of nitrogens with one attached hydrogen (secondary N) is 1. The van der Waals surface area contributed by atoms with Crippen LogP contribution in [0.3, 0.4) is 0 Å². The molecule has 2 aromatic rings. The molecular formula is C7H4ClN4. The first-order chi connectivity index (χ1) is 5.86. The Morgan fingerprint density at radius 3 is 3.08 bits per heavy atom. The van der Waals surface area contributed by atoms with Crippen LogP contribution in [0.4, 0.5) is 0 Å². The predicted molar refractivity (Wildman–Crippen MR) is 43.5 cm³/mol. The zero-order valence-corrected chi connectivity index (χ0v) is 6.71. The van der Waals surface area contributed by atoms with Crippen molar-refractivity contribution in [3.05, 3.63) is 29.3 Å². The van der Waals surface area contributed by atoms with Crippen LogP contribution in [-0.4, -0.2) is 20.6 Å². The average Bonchev–Trinajstić information content (AvgIpc) is 2.56. The molecular weight excluding hydrogens is 176 g/mol. The minimum atomic E-state index is 0.545. The Hall–Kier alpha value is -1.42. The molecule has 0 bridgehead atoms. The van der Waals surface area contributed by atoms with E-state index in [1.54, 1.807) is 12.1 Å². The van der Waals surface area contributed by atoms with Gasteiger partial charge in [0.2, 0.25) is 0 Å². The summed E-state index contributed by atoms with van der Waals surface area (Å²) in [5.74, 6) is 0.603. The first kappa shape index (κ1) is 7.24. The third-order valence-electron chi connectivity index (χ3n) is 1.39. The molecule has 12 heavy (non-hydrogen) atoms. The van der Waals surface area contributed by atoms with E-state index in [-0.39, 0.29) is 0 Å². The van der Waals surface area contributed by atoms with Crippen molar-refractivity contribution in [2.45, 2.75) is 0 Å². The number of nitrogens with zero attached hydrogens (tertiary/aromatic N) is 3. The van der Waals surface area contributed by atoms with Crippen molar-refractivity contribution in [1.29, 1.82) is 0 Å². The molecule has 1 radical (unpaired) electrons. The normalized spacial score (nSPS) is 10.1. The summed E-state index contributed by atoms with van der Waals surface area (Å²) in [6, 6.07) is 8.11. The molecule has 59 valence electrons. The molecule has 0 aliphatic heterocycles. The maximum atomic E-state index is 5.72. The van der Waals surface area contributed by atoms with Crippen molar-refractivity contribution < 1.29 is 0 Å². The largest absolute Gasteiger partial charge is 0.239 e. The van der Waals surface area contributed by atoms with E-state index in [2.05, 4.69) is 26.7 Å². The number of hydrogen-bond donors (Lipinski definition) is 1. The predicted octanol–water partition coefficient (Wildman–Crippen LogP) is 1.32. The van der Waals surface area contributed by atoms with Crippen LogP contribution >= 0.6 is 11.6 Å². The van der Waals surface area contributed by atoms with Crippen molar-refractivity contribution in [3.8, 4) is 11.4 Å². The maximum Gasteiger partial charge on any atom is 0.179 e. The molecule has 2 rings (SSSR count). The van der Waals surface area contributed by atoms with Gasteiger partial charge in [0.25, 0.3) is 0 Å². The summed E-state index contributed by atoms with van der Waals surface area (Å²) >= 11 is 5.72. The zero-order chi connectivity index (χ0) is 8.39. The third-order valence-corrected chi connectivity index (χ3v) is 1.60.